The van der Waals surface area contributed by atoms with Crippen molar-refractivity contribution in [3.05, 3.63) is 94.4 Å². The lowest BCUT2D eigenvalue weighted by Crippen LogP contribution is -2.04. The molecule has 4 nitrogen and oxygen atoms in total. The van der Waals surface area contributed by atoms with Crippen LogP contribution in [-0.2, 0) is 4.74 Å². The number of halogens is 3. The molecule has 0 aliphatic rings. The summed E-state index contributed by atoms with van der Waals surface area (Å²) in [5, 5.41) is 9.33. The van der Waals surface area contributed by atoms with E-state index in [0.717, 1.165) is 50.7 Å². The molecular weight excluding hydrogens is 531 g/mol. The number of rotatable bonds is 11. The van der Waals surface area contributed by atoms with Crippen LogP contribution in [0, 0.1) is 5.82 Å². The standard InChI is InChI=1S/C28H27BrClFN2O2/c1-2-24(25-10-7-22(30)17-26(25)31)28(20-6-11-27-21(16-20)18-32-33-27)19-4-8-23(9-5-19)35-14-3-13-34-15-12-29/h4-11,16-18H,2-3,12-15H2,1H3,(H,32,33)/b28-24+. The van der Waals surface area contributed by atoms with E-state index < -0.39 is 0 Å². The van der Waals surface area contributed by atoms with Gasteiger partial charge in [-0.05, 0) is 65.1 Å². The van der Waals surface area contributed by atoms with E-state index in [4.69, 9.17) is 21.1 Å². The molecule has 4 rings (SSSR count). The molecule has 7 heteroatoms. The highest BCUT2D eigenvalue weighted by Crippen LogP contribution is 2.37. The number of benzene rings is 3. The van der Waals surface area contributed by atoms with E-state index in [9.17, 15) is 0 Å². The molecular formula is C28H27BrClFN2O2. The quantitative estimate of drug-likeness (QED) is 0.116. The van der Waals surface area contributed by atoms with Crippen molar-refractivity contribution in [2.45, 2.75) is 19.8 Å². The van der Waals surface area contributed by atoms with Crippen molar-refractivity contribution >= 4 is 49.6 Å². The van der Waals surface area contributed by atoms with Gasteiger partial charge < -0.3 is 9.47 Å². The minimum atomic E-state index is -0.335. The molecule has 0 atom stereocenters. The van der Waals surface area contributed by atoms with Crippen molar-refractivity contribution in [1.82, 2.24) is 10.2 Å². The van der Waals surface area contributed by atoms with Crippen LogP contribution in [0.4, 0.5) is 4.39 Å². The fraction of sp³-hybridized carbons (Fsp3) is 0.250. The van der Waals surface area contributed by atoms with Crippen LogP contribution in [0.3, 0.4) is 0 Å². The molecule has 0 saturated carbocycles. The minimum absolute atomic E-state index is 0.335. The molecule has 3 aromatic carbocycles. The van der Waals surface area contributed by atoms with Gasteiger partial charge in [0.2, 0.25) is 0 Å². The van der Waals surface area contributed by atoms with Gasteiger partial charge in [-0.3, -0.25) is 5.10 Å². The minimum Gasteiger partial charge on any atom is -0.494 e. The first-order valence-electron chi connectivity index (χ1n) is 11.6. The highest BCUT2D eigenvalue weighted by atomic mass is 79.9. The summed E-state index contributed by atoms with van der Waals surface area (Å²) >= 11 is 9.38. The predicted molar refractivity (Wildman–Crippen MR) is 145 cm³/mol. The van der Waals surface area contributed by atoms with Gasteiger partial charge in [-0.2, -0.15) is 5.10 Å². The lowest BCUT2D eigenvalue weighted by Gasteiger charge is -2.17. The van der Waals surface area contributed by atoms with E-state index in [1.807, 2.05) is 43.3 Å². The Labute approximate surface area is 218 Å². The SMILES string of the molecule is CC/C(=C(/c1ccc(OCCCOCCBr)cc1)c1ccc2[nH]ncc2c1)c1ccc(Cl)cc1F. The van der Waals surface area contributed by atoms with Crippen LogP contribution in [0.1, 0.15) is 36.5 Å². The maximum Gasteiger partial charge on any atom is 0.132 e. The van der Waals surface area contributed by atoms with Crippen molar-refractivity contribution in [2.24, 2.45) is 0 Å². The van der Waals surface area contributed by atoms with Gasteiger partial charge in [0.15, 0.2) is 0 Å². The van der Waals surface area contributed by atoms with Gasteiger partial charge in [0.05, 0.1) is 24.9 Å². The third-order valence-corrected chi connectivity index (χ3v) is 6.27. The molecule has 0 unspecified atom stereocenters. The van der Waals surface area contributed by atoms with E-state index >= 15 is 4.39 Å². The number of ether oxygens (including phenoxy) is 2. The molecule has 0 spiro atoms. The van der Waals surface area contributed by atoms with Crippen LogP contribution in [-0.4, -0.2) is 35.3 Å². The van der Waals surface area contributed by atoms with Crippen molar-refractivity contribution in [2.75, 3.05) is 25.2 Å². The number of aromatic amines is 1. The summed E-state index contributed by atoms with van der Waals surface area (Å²) in [7, 11) is 0. The Bertz CT molecular complexity index is 1300. The zero-order valence-corrected chi connectivity index (χ0v) is 21.8. The van der Waals surface area contributed by atoms with Crippen molar-refractivity contribution < 1.29 is 13.9 Å². The van der Waals surface area contributed by atoms with Gasteiger partial charge in [-0.15, -0.1) is 0 Å². The summed E-state index contributed by atoms with van der Waals surface area (Å²) in [6, 6.07) is 18.9. The largest absolute Gasteiger partial charge is 0.494 e. The number of allylic oxidation sites excluding steroid dienone is 1. The second-order valence-electron chi connectivity index (χ2n) is 8.03. The molecule has 0 bridgehead atoms. The number of nitrogens with one attached hydrogen (secondary N) is 1. The van der Waals surface area contributed by atoms with Gasteiger partial charge in [0, 0.05) is 34.3 Å². The molecule has 0 aliphatic heterocycles. The summed E-state index contributed by atoms with van der Waals surface area (Å²) in [6.07, 6.45) is 3.26. The van der Waals surface area contributed by atoms with Crippen LogP contribution in [0.15, 0.2) is 66.9 Å². The third kappa shape index (κ3) is 6.31. The maximum atomic E-state index is 15.0. The van der Waals surface area contributed by atoms with Crippen LogP contribution in [0.25, 0.3) is 22.0 Å². The van der Waals surface area contributed by atoms with E-state index in [-0.39, 0.29) is 5.82 Å². The number of nitrogens with zero attached hydrogens (tertiary/aromatic N) is 1. The van der Waals surface area contributed by atoms with Crippen LogP contribution >= 0.6 is 27.5 Å². The molecule has 35 heavy (non-hydrogen) atoms. The molecule has 1 heterocycles. The zero-order valence-electron chi connectivity index (χ0n) is 19.5. The second-order valence-corrected chi connectivity index (χ2v) is 9.26. The van der Waals surface area contributed by atoms with Gasteiger partial charge in [0.25, 0.3) is 0 Å². The molecule has 0 fully saturated rings. The first-order valence-corrected chi connectivity index (χ1v) is 13.1. The number of fused-ring (bicyclic) bond motifs is 1. The predicted octanol–water partition coefficient (Wildman–Crippen LogP) is 7.90. The number of hydrogen-bond acceptors (Lipinski definition) is 3. The highest BCUT2D eigenvalue weighted by molar-refractivity contribution is 9.09. The topological polar surface area (TPSA) is 47.1 Å². The fourth-order valence-corrected chi connectivity index (χ4v) is 4.46. The van der Waals surface area contributed by atoms with Crippen LogP contribution in [0.5, 0.6) is 5.75 Å². The Balaban J connectivity index is 1.70. The van der Waals surface area contributed by atoms with Gasteiger partial charge in [-0.1, -0.05) is 58.7 Å². The molecule has 182 valence electrons. The number of alkyl halides is 1. The molecule has 0 saturated heterocycles. The number of hydrogen-bond donors (Lipinski definition) is 1. The summed E-state index contributed by atoms with van der Waals surface area (Å²) in [4.78, 5) is 0. The lowest BCUT2D eigenvalue weighted by molar-refractivity contribution is 0.133. The Morgan fingerprint density at radius 3 is 2.54 bits per heavy atom. The smallest absolute Gasteiger partial charge is 0.132 e. The fourth-order valence-electron chi connectivity index (χ4n) is 4.07. The van der Waals surface area contributed by atoms with E-state index in [2.05, 4.69) is 32.2 Å². The highest BCUT2D eigenvalue weighted by Gasteiger charge is 2.17. The zero-order chi connectivity index (χ0) is 24.6. The Morgan fingerprint density at radius 2 is 1.80 bits per heavy atom. The molecule has 0 radical (unpaired) electrons. The van der Waals surface area contributed by atoms with Gasteiger partial charge >= 0.3 is 0 Å². The van der Waals surface area contributed by atoms with Crippen molar-refractivity contribution in [1.29, 1.82) is 0 Å². The van der Waals surface area contributed by atoms with E-state index in [0.29, 0.717) is 36.8 Å². The van der Waals surface area contributed by atoms with Crippen molar-refractivity contribution in [3.8, 4) is 5.75 Å². The Hall–Kier alpha value is -2.67. The first kappa shape index (κ1) is 25.4. The van der Waals surface area contributed by atoms with E-state index in [1.54, 1.807) is 18.3 Å². The van der Waals surface area contributed by atoms with Crippen LogP contribution < -0.4 is 4.74 Å². The molecule has 0 aliphatic carbocycles. The van der Waals surface area contributed by atoms with Crippen molar-refractivity contribution in [3.63, 3.8) is 0 Å². The van der Waals surface area contributed by atoms with Gasteiger partial charge in [-0.25, -0.2) is 4.39 Å². The Kier molecular flexibility index (Phi) is 8.96. The number of aromatic nitrogens is 2. The average Bonchev–Trinajstić information content (AvgIpc) is 3.34. The molecule has 1 aromatic heterocycles. The van der Waals surface area contributed by atoms with Crippen LogP contribution in [0.2, 0.25) is 5.02 Å². The monoisotopic (exact) mass is 556 g/mol. The normalized spacial score (nSPS) is 12.1. The first-order chi connectivity index (χ1) is 17.1. The number of H-pyrrole nitrogens is 1. The maximum absolute atomic E-state index is 15.0. The summed E-state index contributed by atoms with van der Waals surface area (Å²) in [5.41, 5.74) is 5.33. The Morgan fingerprint density at radius 1 is 1.00 bits per heavy atom. The molecule has 4 aromatic rings. The summed E-state index contributed by atoms with van der Waals surface area (Å²) in [5.74, 6) is 0.452. The van der Waals surface area contributed by atoms with Gasteiger partial charge in [0.1, 0.15) is 11.6 Å². The molecule has 0 amide bonds. The average molecular weight is 558 g/mol. The third-order valence-electron chi connectivity index (χ3n) is 5.71. The second kappa shape index (κ2) is 12.3. The molecule has 1 N–H and O–H groups in total. The summed E-state index contributed by atoms with van der Waals surface area (Å²) in [6.45, 7) is 3.98. The lowest BCUT2D eigenvalue weighted by atomic mass is 9.87. The van der Waals surface area contributed by atoms with E-state index in [1.165, 1.54) is 6.07 Å². The summed E-state index contributed by atoms with van der Waals surface area (Å²) < 4.78 is 26.4.